The molecule has 1 heterocycles. The predicted octanol–water partition coefficient (Wildman–Crippen LogP) is 0.350. The fraction of sp³-hybridized carbons (Fsp3) is 0.263. The van der Waals surface area contributed by atoms with Crippen molar-refractivity contribution >= 4 is 33.5 Å². The molecule has 2 aromatic rings. The molecule has 2 unspecified atom stereocenters. The van der Waals surface area contributed by atoms with Gasteiger partial charge < -0.3 is 27.1 Å². The van der Waals surface area contributed by atoms with Crippen molar-refractivity contribution in [3.05, 3.63) is 58.3 Å². The molecule has 0 aliphatic heterocycles. The van der Waals surface area contributed by atoms with Gasteiger partial charge in [0.2, 0.25) is 11.9 Å². The molecule has 0 spiro atoms. The number of benzene rings is 1. The molecule has 0 saturated carbocycles. The molecule has 0 radical (unpaired) electrons. The number of nitrogens with two attached hydrogens (primary N) is 3. The van der Waals surface area contributed by atoms with Crippen molar-refractivity contribution in [1.82, 2.24) is 4.57 Å². The molecule has 0 fully saturated rings. The summed E-state index contributed by atoms with van der Waals surface area (Å²) in [5.41, 5.74) is 14.8. The van der Waals surface area contributed by atoms with Crippen LogP contribution >= 0.6 is 0 Å². The van der Waals surface area contributed by atoms with E-state index >= 15 is 0 Å². The summed E-state index contributed by atoms with van der Waals surface area (Å²) < 4.78 is 73.2. The summed E-state index contributed by atoms with van der Waals surface area (Å²) in [6, 6.07) is 5.50. The highest BCUT2D eigenvalue weighted by Gasteiger charge is 2.38. The number of carbonyl (C=O) groups excluding carboxylic acids is 1. The van der Waals surface area contributed by atoms with Gasteiger partial charge in [0.15, 0.2) is 12.1 Å². The van der Waals surface area contributed by atoms with Crippen LogP contribution in [0.25, 0.3) is 0 Å². The Morgan fingerprint density at radius 2 is 1.73 bits per heavy atom. The van der Waals surface area contributed by atoms with Crippen molar-refractivity contribution in [2.75, 3.05) is 4.72 Å². The molecular weight excluding hydrogens is 532 g/mol. The lowest BCUT2D eigenvalue weighted by atomic mass is 10.1. The summed E-state index contributed by atoms with van der Waals surface area (Å²) in [5, 5.41) is 10.5. The van der Waals surface area contributed by atoms with Crippen LogP contribution in [0.3, 0.4) is 0 Å². The Morgan fingerprint density at radius 3 is 2.19 bits per heavy atom. The second-order valence-electron chi connectivity index (χ2n) is 7.10. The van der Waals surface area contributed by atoms with Gasteiger partial charge in [-0.2, -0.15) is 13.2 Å². The normalized spacial score (nSPS) is 12.8. The molecule has 0 bridgehead atoms. The molecule has 0 aliphatic carbocycles. The van der Waals surface area contributed by atoms with E-state index in [1.165, 1.54) is 32.0 Å². The fourth-order valence-electron chi connectivity index (χ4n) is 2.68. The molecular formula is C19H22F4N6O7S. The molecule has 1 amide bonds. The molecule has 1 aromatic heterocycles. The fourth-order valence-corrected chi connectivity index (χ4v) is 3.76. The molecule has 18 heteroatoms. The minimum Gasteiger partial charge on any atom is -0.475 e. The summed E-state index contributed by atoms with van der Waals surface area (Å²) in [5.74, 6) is -4.87. The first-order valence-electron chi connectivity index (χ1n) is 9.73. The Labute approximate surface area is 206 Å². The van der Waals surface area contributed by atoms with Gasteiger partial charge in [-0.25, -0.2) is 17.6 Å². The van der Waals surface area contributed by atoms with Gasteiger partial charge in [-0.15, -0.1) is 0 Å². The van der Waals surface area contributed by atoms with Gasteiger partial charge in [-0.3, -0.25) is 18.9 Å². The summed E-state index contributed by atoms with van der Waals surface area (Å²) in [6.45, 7) is 2.91. The zero-order chi connectivity index (χ0) is 28.7. The zero-order valence-electron chi connectivity index (χ0n) is 19.1. The smallest absolute Gasteiger partial charge is 0.475 e. The number of pyridine rings is 1. The number of halogens is 4. The zero-order valence-corrected chi connectivity index (χ0v) is 19.9. The van der Waals surface area contributed by atoms with Crippen molar-refractivity contribution < 1.29 is 45.5 Å². The van der Waals surface area contributed by atoms with Crippen LogP contribution in [0.5, 0.6) is 0 Å². The second-order valence-corrected chi connectivity index (χ2v) is 8.79. The molecule has 1 aromatic carbocycles. The van der Waals surface area contributed by atoms with Crippen LogP contribution < -0.4 is 27.5 Å². The second kappa shape index (κ2) is 12.1. The lowest BCUT2D eigenvalue weighted by Gasteiger charge is -2.24. The minimum absolute atomic E-state index is 0.289. The van der Waals surface area contributed by atoms with E-state index in [0.29, 0.717) is 0 Å². The number of carboxylic acids is 1. The van der Waals surface area contributed by atoms with Gasteiger partial charge >= 0.3 is 12.1 Å². The van der Waals surface area contributed by atoms with E-state index in [1.54, 1.807) is 0 Å². The largest absolute Gasteiger partial charge is 0.490 e. The van der Waals surface area contributed by atoms with E-state index in [-0.39, 0.29) is 16.3 Å². The molecule has 2 rings (SSSR count). The molecule has 0 saturated heterocycles. The van der Waals surface area contributed by atoms with Gasteiger partial charge in [0, 0.05) is 5.69 Å². The number of sulfonamides is 1. The topological polar surface area (TPSA) is 222 Å². The number of primary amides is 1. The first kappa shape index (κ1) is 30.7. The van der Waals surface area contributed by atoms with Gasteiger partial charge in [0.1, 0.15) is 11.5 Å². The summed E-state index contributed by atoms with van der Waals surface area (Å²) >= 11 is 0. The molecule has 13 nitrogen and oxygen atoms in total. The predicted molar refractivity (Wildman–Crippen MR) is 121 cm³/mol. The number of carboxylic acid groups (broad SMARTS) is 1. The maximum absolute atomic E-state index is 13.4. The van der Waals surface area contributed by atoms with E-state index in [2.05, 4.69) is 9.88 Å². The third kappa shape index (κ3) is 8.67. The number of amides is 1. The van der Waals surface area contributed by atoms with Crippen molar-refractivity contribution in [1.29, 1.82) is 0 Å². The number of aliphatic carboxylic acids is 1. The van der Waals surface area contributed by atoms with Crippen LogP contribution in [-0.2, 0) is 24.4 Å². The Morgan fingerprint density at radius 1 is 1.16 bits per heavy atom. The van der Waals surface area contributed by atoms with Crippen LogP contribution in [0.2, 0.25) is 0 Å². The molecule has 0 aliphatic rings. The molecule has 37 heavy (non-hydrogen) atoms. The number of rotatable bonds is 8. The van der Waals surface area contributed by atoms with E-state index in [4.69, 9.17) is 31.9 Å². The summed E-state index contributed by atoms with van der Waals surface area (Å²) in [7, 11) is -4.28. The highest BCUT2D eigenvalue weighted by molar-refractivity contribution is 7.92. The standard InChI is InChI=1S/C17H21FN6O5S.C2HF3O2/c1-9-6-7-13(23-30(27,28)12-5-3-4-11(18)8-12)16(26)24(9)14(15(19)25)10(2)29-22-17(20)21;3-2(4,5)1(6)7/h3-8,10,14,23H,1-2H3,(H2,19,25)(H4,20,21,22);(H,6,7). The number of anilines is 1. The first-order valence-corrected chi connectivity index (χ1v) is 11.2. The Kier molecular flexibility index (Phi) is 10.0. The number of guanidine groups is 1. The Bertz CT molecular complexity index is 1340. The number of aromatic nitrogens is 1. The van der Waals surface area contributed by atoms with Crippen molar-refractivity contribution in [2.24, 2.45) is 22.4 Å². The number of hydrogen-bond acceptors (Lipinski definition) is 7. The third-order valence-corrected chi connectivity index (χ3v) is 5.62. The van der Waals surface area contributed by atoms with E-state index < -0.39 is 57.6 Å². The monoisotopic (exact) mass is 554 g/mol. The van der Waals surface area contributed by atoms with Crippen LogP contribution in [0.4, 0.5) is 23.2 Å². The Hall–Kier alpha value is -4.35. The van der Waals surface area contributed by atoms with Crippen LogP contribution in [0, 0.1) is 12.7 Å². The first-order chi connectivity index (χ1) is 16.9. The molecule has 8 N–H and O–H groups in total. The van der Waals surface area contributed by atoms with Crippen molar-refractivity contribution in [3.63, 3.8) is 0 Å². The van der Waals surface area contributed by atoms with Gasteiger partial charge in [-0.05, 0) is 49.3 Å². The summed E-state index contributed by atoms with van der Waals surface area (Å²) in [6.07, 6.45) is -6.16. The summed E-state index contributed by atoms with van der Waals surface area (Å²) in [4.78, 5) is 38.5. The van der Waals surface area contributed by atoms with E-state index in [9.17, 15) is 35.6 Å². The Balaban J connectivity index is 0.000000856. The van der Waals surface area contributed by atoms with Crippen molar-refractivity contribution in [2.45, 2.75) is 37.1 Å². The quantitative estimate of drug-likeness (QED) is 0.131. The lowest BCUT2D eigenvalue weighted by Crippen LogP contribution is -2.42. The number of oxime groups is 1. The minimum atomic E-state index is -5.08. The van der Waals surface area contributed by atoms with Crippen LogP contribution in [-0.4, -0.2) is 48.2 Å². The van der Waals surface area contributed by atoms with Crippen LogP contribution in [0.1, 0.15) is 18.7 Å². The highest BCUT2D eigenvalue weighted by atomic mass is 32.2. The van der Waals surface area contributed by atoms with Crippen molar-refractivity contribution in [3.8, 4) is 0 Å². The average molecular weight is 554 g/mol. The number of nitrogens with zero attached hydrogens (tertiary/aromatic N) is 2. The highest BCUT2D eigenvalue weighted by Crippen LogP contribution is 2.19. The lowest BCUT2D eigenvalue weighted by molar-refractivity contribution is -0.192. The van der Waals surface area contributed by atoms with Gasteiger partial charge in [0.05, 0.1) is 4.90 Å². The maximum atomic E-state index is 13.4. The number of hydrogen-bond donors (Lipinski definition) is 5. The third-order valence-electron chi connectivity index (χ3n) is 4.25. The SMILES string of the molecule is Cc1ccc(NS(=O)(=O)c2cccc(F)c2)c(=O)n1C(C(N)=O)C(C)ON=C(N)N.O=C(O)C(F)(F)F. The van der Waals surface area contributed by atoms with Gasteiger partial charge in [-0.1, -0.05) is 6.07 Å². The number of alkyl halides is 3. The molecule has 2 atom stereocenters. The number of nitrogens with one attached hydrogen (secondary N) is 1. The molecule has 204 valence electrons. The average Bonchev–Trinajstić information content (AvgIpc) is 2.76. The number of carbonyl (C=O) groups is 2. The maximum Gasteiger partial charge on any atom is 0.490 e. The van der Waals surface area contributed by atoms with E-state index in [0.717, 1.165) is 22.8 Å². The van der Waals surface area contributed by atoms with E-state index in [1.807, 2.05) is 0 Å². The van der Waals surface area contributed by atoms with Crippen LogP contribution in [0.15, 0.2) is 51.2 Å². The number of aryl methyl sites for hydroxylation is 1. The van der Waals surface area contributed by atoms with Gasteiger partial charge in [0.25, 0.3) is 15.6 Å².